The fraction of sp³-hybridized carbons (Fsp3) is 0.594. The van der Waals surface area contributed by atoms with Gasteiger partial charge in [0.1, 0.15) is 12.2 Å². The zero-order valence-corrected chi connectivity index (χ0v) is 27.2. The number of carbonyl (C=O) groups is 1. The van der Waals surface area contributed by atoms with Crippen LogP contribution in [0.15, 0.2) is 54.1 Å². The second-order valence-corrected chi connectivity index (χ2v) is 23.9. The monoisotopic (exact) mass is 552 g/mol. The zero-order valence-electron chi connectivity index (χ0n) is 25.2. The Labute approximate surface area is 232 Å². The molecule has 0 saturated carbocycles. The molecule has 208 valence electrons. The third kappa shape index (κ3) is 5.74. The Balaban J connectivity index is 1.62. The maximum Gasteiger partial charge on any atom is 0.341 e. The van der Waals surface area contributed by atoms with Gasteiger partial charge in [0.25, 0.3) is 0 Å². The molecule has 6 heteroatoms. The van der Waals surface area contributed by atoms with Crippen LogP contribution in [-0.4, -0.2) is 40.4 Å². The number of fused-ring (bicyclic) bond motifs is 3. The van der Waals surface area contributed by atoms with Crippen molar-refractivity contribution >= 4 is 33.4 Å². The van der Waals surface area contributed by atoms with Crippen LogP contribution in [0.4, 0.5) is 0 Å². The predicted octanol–water partition coefficient (Wildman–Crippen LogP) is 8.57. The van der Waals surface area contributed by atoms with Gasteiger partial charge in [-0.05, 0) is 83.5 Å². The molecule has 3 atom stereocenters. The molecular formula is C32H48O4Si2. The molecule has 1 aliphatic heterocycles. The van der Waals surface area contributed by atoms with Crippen LogP contribution in [0.1, 0.15) is 66.4 Å². The van der Waals surface area contributed by atoms with E-state index in [1.807, 2.05) is 0 Å². The van der Waals surface area contributed by atoms with Gasteiger partial charge in [0, 0.05) is 6.42 Å². The van der Waals surface area contributed by atoms with Gasteiger partial charge < -0.3 is 13.6 Å². The van der Waals surface area contributed by atoms with E-state index in [0.717, 1.165) is 19.3 Å². The summed E-state index contributed by atoms with van der Waals surface area (Å²) in [5, 5.41) is 2.61. The molecule has 1 fully saturated rings. The van der Waals surface area contributed by atoms with Crippen molar-refractivity contribution in [1.82, 2.24) is 0 Å². The van der Waals surface area contributed by atoms with Crippen molar-refractivity contribution < 1.29 is 18.4 Å². The minimum absolute atomic E-state index is 0.00130. The lowest BCUT2D eigenvalue weighted by molar-refractivity contribution is -0.151. The fourth-order valence-electron chi connectivity index (χ4n) is 5.04. The molecule has 0 spiro atoms. The minimum atomic E-state index is -2.22. The summed E-state index contributed by atoms with van der Waals surface area (Å²) < 4.78 is 19.9. The molecule has 1 aliphatic carbocycles. The Morgan fingerprint density at radius 2 is 1.53 bits per heavy atom. The Kier molecular flexibility index (Phi) is 7.72. The largest absolute Gasteiger partial charge is 0.457 e. The summed E-state index contributed by atoms with van der Waals surface area (Å²) in [4.78, 5) is 13.4. The van der Waals surface area contributed by atoms with Crippen molar-refractivity contribution in [2.45, 2.75) is 121 Å². The van der Waals surface area contributed by atoms with E-state index in [2.05, 4.69) is 116 Å². The van der Waals surface area contributed by atoms with E-state index in [0.29, 0.717) is 6.42 Å². The molecule has 0 N–H and O–H groups in total. The lowest BCUT2D eigenvalue weighted by Crippen LogP contribution is -2.54. The maximum absolute atomic E-state index is 13.4. The van der Waals surface area contributed by atoms with Crippen LogP contribution in [0.5, 0.6) is 0 Å². The summed E-state index contributed by atoms with van der Waals surface area (Å²) in [6, 6.07) is 15.3. The van der Waals surface area contributed by atoms with Crippen LogP contribution in [0.25, 0.3) is 10.8 Å². The SMILES string of the molecule is CC(C)(C)[Si](C)(C)O[C@@H]1C(CCCc2ccc3ccccc3c2)=C[C@]2(O[Si](C)(C)C(C)(C)C)C[C@H]1OC2=O. The molecule has 1 saturated heterocycles. The molecule has 2 aromatic carbocycles. The minimum Gasteiger partial charge on any atom is -0.457 e. The number of aryl methyl sites for hydroxylation is 1. The molecule has 2 aliphatic rings. The summed E-state index contributed by atoms with van der Waals surface area (Å²) in [6.07, 6.45) is 5.01. The van der Waals surface area contributed by atoms with Crippen LogP contribution in [0, 0.1) is 0 Å². The van der Waals surface area contributed by atoms with E-state index in [4.69, 9.17) is 13.6 Å². The molecule has 4 rings (SSSR count). The quantitative estimate of drug-likeness (QED) is 0.187. The first-order valence-electron chi connectivity index (χ1n) is 14.2. The van der Waals surface area contributed by atoms with Crippen LogP contribution in [0.3, 0.4) is 0 Å². The highest BCUT2D eigenvalue weighted by Gasteiger charge is 2.59. The lowest BCUT2D eigenvalue weighted by atomic mass is 9.83. The van der Waals surface area contributed by atoms with Gasteiger partial charge in [-0.3, -0.25) is 0 Å². The van der Waals surface area contributed by atoms with Crippen LogP contribution in [-0.2, 0) is 24.8 Å². The van der Waals surface area contributed by atoms with Gasteiger partial charge in [-0.2, -0.15) is 0 Å². The van der Waals surface area contributed by atoms with Gasteiger partial charge >= 0.3 is 5.97 Å². The molecule has 38 heavy (non-hydrogen) atoms. The molecule has 0 amide bonds. The number of ether oxygens (including phenoxy) is 1. The summed E-state index contributed by atoms with van der Waals surface area (Å²) in [5.41, 5.74) is 1.53. The topological polar surface area (TPSA) is 44.8 Å². The Morgan fingerprint density at radius 1 is 0.895 bits per heavy atom. The molecule has 0 aromatic heterocycles. The van der Waals surface area contributed by atoms with Crippen LogP contribution < -0.4 is 0 Å². The van der Waals surface area contributed by atoms with Crippen molar-refractivity contribution in [2.24, 2.45) is 0 Å². The van der Waals surface area contributed by atoms with Gasteiger partial charge in [0.2, 0.25) is 0 Å². The molecule has 2 bridgehead atoms. The Morgan fingerprint density at radius 3 is 2.16 bits per heavy atom. The average Bonchev–Trinajstić information content (AvgIpc) is 3.05. The number of esters is 1. The average molecular weight is 553 g/mol. The van der Waals surface area contributed by atoms with E-state index < -0.39 is 22.2 Å². The standard InChI is InChI=1S/C32H48O4Si2/c1-30(2,3)37(7,8)35-28-26(17-13-14-23-18-19-24-15-11-12-16-25(24)20-23)21-32(22-27(28)34-29(32)33)36-38(9,10)31(4,5)6/h11-12,15-16,18-21,27-28H,13-14,17,22H2,1-10H3/t27-,28-,32+/m1/s1. The maximum atomic E-state index is 13.4. The number of benzene rings is 2. The fourth-order valence-corrected chi connectivity index (χ4v) is 7.77. The number of hydrogen-bond donors (Lipinski definition) is 0. The van der Waals surface area contributed by atoms with Crippen molar-refractivity contribution in [3.63, 3.8) is 0 Å². The summed E-state index contributed by atoms with van der Waals surface area (Å²) in [6.45, 7) is 22.4. The van der Waals surface area contributed by atoms with Gasteiger partial charge in [0.05, 0.1) is 0 Å². The number of hydrogen-bond acceptors (Lipinski definition) is 4. The first-order chi connectivity index (χ1) is 17.4. The molecule has 0 unspecified atom stereocenters. The van der Waals surface area contributed by atoms with Gasteiger partial charge in [-0.1, -0.05) is 84.0 Å². The molecule has 2 aromatic rings. The van der Waals surface area contributed by atoms with E-state index >= 15 is 0 Å². The van der Waals surface area contributed by atoms with Crippen molar-refractivity contribution in [2.75, 3.05) is 0 Å². The zero-order chi connectivity index (χ0) is 28.1. The first kappa shape index (κ1) is 29.3. The Bertz CT molecular complexity index is 1220. The first-order valence-corrected chi connectivity index (χ1v) is 20.0. The van der Waals surface area contributed by atoms with Gasteiger partial charge in [-0.15, -0.1) is 0 Å². The van der Waals surface area contributed by atoms with E-state index in [1.165, 1.54) is 21.9 Å². The van der Waals surface area contributed by atoms with Crippen molar-refractivity contribution in [3.8, 4) is 0 Å². The molecule has 0 radical (unpaired) electrons. The smallest absolute Gasteiger partial charge is 0.341 e. The summed E-state index contributed by atoms with van der Waals surface area (Å²) in [5.74, 6) is -0.235. The molecular weight excluding hydrogens is 505 g/mol. The van der Waals surface area contributed by atoms with Gasteiger partial charge in [-0.25, -0.2) is 4.79 Å². The van der Waals surface area contributed by atoms with E-state index in [1.54, 1.807) is 0 Å². The van der Waals surface area contributed by atoms with Crippen molar-refractivity contribution in [1.29, 1.82) is 0 Å². The highest BCUT2D eigenvalue weighted by atomic mass is 28.4. The van der Waals surface area contributed by atoms with Crippen LogP contribution >= 0.6 is 0 Å². The number of rotatable bonds is 8. The third-order valence-electron chi connectivity index (χ3n) is 9.45. The van der Waals surface area contributed by atoms with E-state index in [-0.39, 0.29) is 28.3 Å². The molecule has 1 heterocycles. The van der Waals surface area contributed by atoms with E-state index in [9.17, 15) is 4.79 Å². The highest BCUT2D eigenvalue weighted by Crippen LogP contribution is 2.49. The molecule has 4 nitrogen and oxygen atoms in total. The second kappa shape index (κ2) is 10.0. The normalized spacial score (nSPS) is 24.5. The summed E-state index contributed by atoms with van der Waals surface area (Å²) >= 11 is 0. The lowest BCUT2D eigenvalue weighted by Gasteiger charge is -2.45. The second-order valence-electron chi connectivity index (χ2n) is 14.5. The third-order valence-corrected chi connectivity index (χ3v) is 18.4. The van der Waals surface area contributed by atoms with Gasteiger partial charge in [0.15, 0.2) is 22.2 Å². The van der Waals surface area contributed by atoms with Crippen LogP contribution in [0.2, 0.25) is 36.3 Å². The summed E-state index contributed by atoms with van der Waals surface area (Å²) in [7, 11) is -4.31. The predicted molar refractivity (Wildman–Crippen MR) is 163 cm³/mol. The highest BCUT2D eigenvalue weighted by molar-refractivity contribution is 6.74. The van der Waals surface area contributed by atoms with Crippen molar-refractivity contribution in [3.05, 3.63) is 59.7 Å². The Hall–Kier alpha value is -1.74. The number of carbonyl (C=O) groups excluding carboxylic acids is 1.